The number of rotatable bonds is 5. The third-order valence-electron chi connectivity index (χ3n) is 5.46. The summed E-state index contributed by atoms with van der Waals surface area (Å²) in [6.45, 7) is 12.2. The summed E-state index contributed by atoms with van der Waals surface area (Å²) < 4.78 is 0. The van der Waals surface area contributed by atoms with Crippen LogP contribution in [0.3, 0.4) is 0 Å². The highest BCUT2D eigenvalue weighted by atomic mass is 31.1. The number of piperidine rings is 1. The predicted octanol–water partition coefficient (Wildman–Crippen LogP) is 5.23. The first-order valence-corrected chi connectivity index (χ1v) is 10.8. The molecular weight excluding hydrogens is 337 g/mol. The molecule has 0 radical (unpaired) electrons. The number of phenols is 1. The maximum atomic E-state index is 10.6. The lowest BCUT2D eigenvalue weighted by molar-refractivity contribution is 0.221. The minimum atomic E-state index is -0.0813. The first-order chi connectivity index (χ1) is 12.4. The van der Waals surface area contributed by atoms with E-state index in [9.17, 15) is 5.11 Å². The zero-order valence-corrected chi connectivity index (χ0v) is 17.6. The number of hydrogen-bond acceptors (Lipinski definition) is 2. The number of hydrogen-bond donors (Lipinski definition) is 1. The van der Waals surface area contributed by atoms with Crippen LogP contribution in [-0.2, 0) is 11.7 Å². The lowest BCUT2D eigenvalue weighted by Crippen LogP contribution is -2.31. The van der Waals surface area contributed by atoms with Crippen molar-refractivity contribution in [2.75, 3.05) is 13.1 Å². The van der Waals surface area contributed by atoms with Gasteiger partial charge >= 0.3 is 0 Å². The molecule has 1 saturated heterocycles. The molecule has 0 aliphatic carbocycles. The average Bonchev–Trinajstić information content (AvgIpc) is 2.60. The van der Waals surface area contributed by atoms with E-state index in [1.54, 1.807) is 0 Å². The van der Waals surface area contributed by atoms with Crippen molar-refractivity contribution in [2.24, 2.45) is 0 Å². The number of phenolic OH excluding ortho intramolecular Hbond substituents is 1. The maximum absolute atomic E-state index is 10.6. The summed E-state index contributed by atoms with van der Waals surface area (Å²) in [5.41, 5.74) is 4.81. The van der Waals surface area contributed by atoms with E-state index in [0.717, 1.165) is 17.7 Å². The van der Waals surface area contributed by atoms with E-state index in [4.69, 9.17) is 0 Å². The van der Waals surface area contributed by atoms with Gasteiger partial charge in [-0.15, -0.1) is 0 Å². The van der Waals surface area contributed by atoms with Crippen LogP contribution in [0.1, 0.15) is 55.4 Å². The van der Waals surface area contributed by atoms with Gasteiger partial charge in [-0.1, -0.05) is 70.8 Å². The lowest BCUT2D eigenvalue weighted by atomic mass is 9.99. The molecule has 1 aliphatic rings. The SMILES string of the molecule is Cc1ccc(PC(C)(C)c2cccc(C)c2O)c(CN2CCCCC2)c1. The van der Waals surface area contributed by atoms with Crippen molar-refractivity contribution in [3.05, 3.63) is 58.7 Å². The van der Waals surface area contributed by atoms with E-state index >= 15 is 0 Å². The molecule has 2 aromatic rings. The van der Waals surface area contributed by atoms with Gasteiger partial charge in [-0.05, 0) is 56.2 Å². The van der Waals surface area contributed by atoms with E-state index in [0.29, 0.717) is 14.3 Å². The molecule has 140 valence electrons. The fourth-order valence-electron chi connectivity index (χ4n) is 3.90. The van der Waals surface area contributed by atoms with Crippen molar-refractivity contribution in [3.63, 3.8) is 0 Å². The number of likely N-dealkylation sites (tertiary alicyclic amines) is 1. The van der Waals surface area contributed by atoms with Crippen LogP contribution in [0.15, 0.2) is 36.4 Å². The number of para-hydroxylation sites is 1. The highest BCUT2D eigenvalue weighted by molar-refractivity contribution is 7.48. The van der Waals surface area contributed by atoms with Crippen LogP contribution in [0.5, 0.6) is 5.75 Å². The van der Waals surface area contributed by atoms with E-state index in [1.165, 1.54) is 48.8 Å². The summed E-state index contributed by atoms with van der Waals surface area (Å²) in [5.74, 6) is 0.453. The molecule has 1 aliphatic heterocycles. The second-order valence-electron chi connectivity index (χ2n) is 8.22. The van der Waals surface area contributed by atoms with Gasteiger partial charge in [0, 0.05) is 17.3 Å². The first-order valence-electron chi connectivity index (χ1n) is 9.76. The number of nitrogens with zero attached hydrogens (tertiary/aromatic N) is 1. The van der Waals surface area contributed by atoms with Gasteiger partial charge in [-0.2, -0.15) is 0 Å². The lowest BCUT2D eigenvalue weighted by Gasteiger charge is -2.30. The van der Waals surface area contributed by atoms with E-state index < -0.39 is 0 Å². The minimum Gasteiger partial charge on any atom is -0.507 e. The van der Waals surface area contributed by atoms with Crippen LogP contribution in [0.4, 0.5) is 0 Å². The molecule has 0 amide bonds. The zero-order chi connectivity index (χ0) is 18.7. The van der Waals surface area contributed by atoms with Gasteiger partial charge in [0.15, 0.2) is 0 Å². The van der Waals surface area contributed by atoms with Gasteiger partial charge in [0.25, 0.3) is 0 Å². The molecule has 0 saturated carbocycles. The highest BCUT2D eigenvalue weighted by Crippen LogP contribution is 2.45. The van der Waals surface area contributed by atoms with Crippen LogP contribution in [-0.4, -0.2) is 23.1 Å². The van der Waals surface area contributed by atoms with Gasteiger partial charge in [0.05, 0.1) is 0 Å². The van der Waals surface area contributed by atoms with Crippen molar-refractivity contribution in [2.45, 2.75) is 58.7 Å². The van der Waals surface area contributed by atoms with Gasteiger partial charge in [0.1, 0.15) is 5.75 Å². The summed E-state index contributed by atoms with van der Waals surface area (Å²) in [6, 6.07) is 13.0. The summed E-state index contributed by atoms with van der Waals surface area (Å²) in [6.07, 6.45) is 4.02. The molecule has 0 spiro atoms. The minimum absolute atomic E-state index is 0.0813. The Bertz CT molecular complexity index is 763. The number of benzene rings is 2. The molecule has 0 aromatic heterocycles. The fraction of sp³-hybridized carbons (Fsp3) is 0.478. The Morgan fingerprint density at radius 1 is 1.04 bits per heavy atom. The molecule has 1 heterocycles. The summed E-state index contributed by atoms with van der Waals surface area (Å²) >= 11 is 0. The quantitative estimate of drug-likeness (QED) is 0.729. The van der Waals surface area contributed by atoms with Crippen molar-refractivity contribution in [1.29, 1.82) is 0 Å². The van der Waals surface area contributed by atoms with E-state index in [2.05, 4.69) is 56.0 Å². The molecule has 3 heteroatoms. The molecule has 1 atom stereocenters. The topological polar surface area (TPSA) is 23.5 Å². The largest absolute Gasteiger partial charge is 0.507 e. The molecule has 2 nitrogen and oxygen atoms in total. The summed E-state index contributed by atoms with van der Waals surface area (Å²) in [4.78, 5) is 2.60. The second kappa shape index (κ2) is 8.11. The normalized spacial score (nSPS) is 16.5. The molecule has 1 fully saturated rings. The van der Waals surface area contributed by atoms with Gasteiger partial charge in [0.2, 0.25) is 0 Å². The Kier molecular flexibility index (Phi) is 6.05. The molecule has 3 rings (SSSR count). The third kappa shape index (κ3) is 4.48. The number of aryl methyl sites for hydroxylation is 2. The predicted molar refractivity (Wildman–Crippen MR) is 114 cm³/mol. The Balaban J connectivity index is 1.87. The summed E-state index contributed by atoms with van der Waals surface area (Å²) in [5, 5.41) is 11.9. The molecule has 26 heavy (non-hydrogen) atoms. The standard InChI is InChI=1S/C23H32NOP/c1-17-11-12-21(19(15-17)16-24-13-6-5-7-14-24)26-23(3,4)20-10-8-9-18(2)22(20)25/h8-12,15,25-26H,5-7,13-14,16H2,1-4H3. The average molecular weight is 369 g/mol. The van der Waals surface area contributed by atoms with Gasteiger partial charge < -0.3 is 5.11 Å². The van der Waals surface area contributed by atoms with E-state index in [-0.39, 0.29) is 5.16 Å². The third-order valence-corrected chi connectivity index (χ3v) is 7.11. The smallest absolute Gasteiger partial charge is 0.122 e. The molecule has 0 bridgehead atoms. The molecular formula is C23H32NOP. The summed E-state index contributed by atoms with van der Waals surface area (Å²) in [7, 11) is 0.631. The zero-order valence-electron chi connectivity index (χ0n) is 16.6. The van der Waals surface area contributed by atoms with Gasteiger partial charge in [-0.3, -0.25) is 4.90 Å². The van der Waals surface area contributed by atoms with Crippen molar-refractivity contribution in [1.82, 2.24) is 4.90 Å². The second-order valence-corrected chi connectivity index (χ2v) is 10.3. The van der Waals surface area contributed by atoms with Crippen molar-refractivity contribution >= 4 is 13.9 Å². The van der Waals surface area contributed by atoms with Crippen LogP contribution < -0.4 is 5.30 Å². The Morgan fingerprint density at radius 2 is 1.77 bits per heavy atom. The molecule has 1 N–H and O–H groups in total. The fourth-order valence-corrected chi connectivity index (χ4v) is 5.39. The Labute approximate surface area is 160 Å². The van der Waals surface area contributed by atoms with E-state index in [1.807, 2.05) is 13.0 Å². The molecule has 1 unspecified atom stereocenters. The van der Waals surface area contributed by atoms with Crippen LogP contribution in [0.25, 0.3) is 0 Å². The van der Waals surface area contributed by atoms with Crippen LogP contribution in [0.2, 0.25) is 0 Å². The van der Waals surface area contributed by atoms with Crippen molar-refractivity contribution in [3.8, 4) is 5.75 Å². The van der Waals surface area contributed by atoms with Crippen LogP contribution in [0, 0.1) is 13.8 Å². The monoisotopic (exact) mass is 369 g/mol. The van der Waals surface area contributed by atoms with Gasteiger partial charge in [-0.25, -0.2) is 0 Å². The Morgan fingerprint density at radius 3 is 2.50 bits per heavy atom. The highest BCUT2D eigenvalue weighted by Gasteiger charge is 2.26. The Hall–Kier alpha value is -1.37. The number of aromatic hydroxyl groups is 1. The van der Waals surface area contributed by atoms with Crippen molar-refractivity contribution < 1.29 is 5.11 Å². The first kappa shape index (κ1) is 19.4. The molecule has 2 aromatic carbocycles. The maximum Gasteiger partial charge on any atom is 0.122 e. The van der Waals surface area contributed by atoms with Crippen LogP contribution >= 0.6 is 8.58 Å².